The first kappa shape index (κ1) is 26.1. The summed E-state index contributed by atoms with van der Waals surface area (Å²) in [5.41, 5.74) is 0.831. The predicted molar refractivity (Wildman–Crippen MR) is 124 cm³/mol. The summed E-state index contributed by atoms with van der Waals surface area (Å²) >= 11 is 0.990. The number of nitrogens with one attached hydrogen (secondary N) is 3. The molecule has 0 unspecified atom stereocenters. The van der Waals surface area contributed by atoms with Gasteiger partial charge in [0.15, 0.2) is 11.7 Å². The molecule has 166 valence electrons. The number of rotatable bonds is 8. The van der Waals surface area contributed by atoms with Crippen LogP contribution in [0.25, 0.3) is 0 Å². The quantitative estimate of drug-likeness (QED) is 0.256. The largest absolute Gasteiger partial charge is 0.434 e. The molecule has 3 N–H and O–H groups in total. The first-order valence-electron chi connectivity index (χ1n) is 9.16. The molecule has 0 bridgehead atoms. The van der Waals surface area contributed by atoms with E-state index in [1.54, 1.807) is 7.05 Å². The molecule has 30 heavy (non-hydrogen) atoms. The maximum absolute atomic E-state index is 12.6. The fourth-order valence-electron chi connectivity index (χ4n) is 2.46. The van der Waals surface area contributed by atoms with Gasteiger partial charge in [0.05, 0.1) is 5.01 Å². The SMILES string of the molecule is CCCC(=O)Nc1cccc(CNC(=NC)NCCc2nc(C(F)(F)F)cs2)c1.I. The van der Waals surface area contributed by atoms with Crippen LogP contribution in [-0.4, -0.2) is 30.4 Å². The number of nitrogens with zero attached hydrogens (tertiary/aromatic N) is 2. The molecule has 0 aliphatic heterocycles. The number of halogens is 4. The zero-order chi connectivity index (χ0) is 21.3. The van der Waals surface area contributed by atoms with Crippen molar-refractivity contribution in [1.29, 1.82) is 0 Å². The maximum Gasteiger partial charge on any atom is 0.434 e. The number of aromatic nitrogens is 1. The van der Waals surface area contributed by atoms with Gasteiger partial charge in [0.25, 0.3) is 0 Å². The number of guanidine groups is 1. The van der Waals surface area contributed by atoms with E-state index < -0.39 is 11.9 Å². The van der Waals surface area contributed by atoms with Crippen LogP contribution in [0.4, 0.5) is 18.9 Å². The molecule has 0 radical (unpaired) electrons. The Morgan fingerprint density at radius 1 is 1.27 bits per heavy atom. The summed E-state index contributed by atoms with van der Waals surface area (Å²) in [6.07, 6.45) is -2.79. The van der Waals surface area contributed by atoms with Crippen LogP contribution < -0.4 is 16.0 Å². The van der Waals surface area contributed by atoms with Gasteiger partial charge in [0, 0.05) is 44.0 Å². The Hall–Kier alpha value is -1.89. The molecule has 1 amide bonds. The number of amides is 1. The Morgan fingerprint density at radius 3 is 2.67 bits per heavy atom. The molecule has 1 heterocycles. The monoisotopic (exact) mass is 555 g/mol. The number of benzene rings is 1. The summed E-state index contributed by atoms with van der Waals surface area (Å²) in [4.78, 5) is 19.4. The van der Waals surface area contributed by atoms with Crippen molar-refractivity contribution >= 4 is 52.9 Å². The Labute approximate surface area is 194 Å². The van der Waals surface area contributed by atoms with Crippen molar-refractivity contribution in [2.24, 2.45) is 4.99 Å². The highest BCUT2D eigenvalue weighted by molar-refractivity contribution is 14.0. The lowest BCUT2D eigenvalue weighted by Gasteiger charge is -2.12. The first-order chi connectivity index (χ1) is 13.8. The number of hydrogen-bond acceptors (Lipinski definition) is 4. The minimum atomic E-state index is -4.41. The Bertz CT molecular complexity index is 842. The van der Waals surface area contributed by atoms with Crippen LogP contribution in [0.5, 0.6) is 0 Å². The summed E-state index contributed by atoms with van der Waals surface area (Å²) in [5, 5.41) is 10.5. The average molecular weight is 555 g/mol. The van der Waals surface area contributed by atoms with Crippen molar-refractivity contribution < 1.29 is 18.0 Å². The lowest BCUT2D eigenvalue weighted by atomic mass is 10.2. The molecule has 2 aromatic rings. The molecule has 1 aromatic heterocycles. The van der Waals surface area contributed by atoms with Gasteiger partial charge in [0.1, 0.15) is 0 Å². The van der Waals surface area contributed by atoms with Gasteiger partial charge in [-0.3, -0.25) is 9.79 Å². The van der Waals surface area contributed by atoms with Crippen molar-refractivity contribution in [3.8, 4) is 0 Å². The van der Waals surface area contributed by atoms with E-state index in [0.29, 0.717) is 36.9 Å². The third kappa shape index (κ3) is 8.86. The van der Waals surface area contributed by atoms with Crippen LogP contribution in [0.3, 0.4) is 0 Å². The standard InChI is InChI=1S/C19H24F3N5OS.HI/c1-3-5-16(28)26-14-7-4-6-13(10-14)11-25-18(23-2)24-9-8-17-27-15(12-29-17)19(20,21)22;/h4,6-7,10,12H,3,5,8-9,11H2,1-2H3,(H,26,28)(H2,23,24,25);1H. The summed E-state index contributed by atoms with van der Waals surface area (Å²) < 4.78 is 37.7. The second-order valence-electron chi connectivity index (χ2n) is 6.23. The van der Waals surface area contributed by atoms with Gasteiger partial charge in [-0.1, -0.05) is 19.1 Å². The molecular weight excluding hydrogens is 530 g/mol. The van der Waals surface area contributed by atoms with Gasteiger partial charge in [-0.2, -0.15) is 13.2 Å². The third-order valence-electron chi connectivity index (χ3n) is 3.84. The van der Waals surface area contributed by atoms with Crippen molar-refractivity contribution in [3.63, 3.8) is 0 Å². The molecular formula is C19H25F3IN5OS. The third-order valence-corrected chi connectivity index (χ3v) is 4.75. The molecule has 0 spiro atoms. The van der Waals surface area contributed by atoms with E-state index in [1.807, 2.05) is 31.2 Å². The topological polar surface area (TPSA) is 78.4 Å². The lowest BCUT2D eigenvalue weighted by molar-refractivity contribution is -0.140. The van der Waals surface area contributed by atoms with E-state index in [-0.39, 0.29) is 29.9 Å². The molecule has 0 saturated heterocycles. The Balaban J connectivity index is 0.00000450. The molecule has 0 atom stereocenters. The molecule has 6 nitrogen and oxygen atoms in total. The van der Waals surface area contributed by atoms with Gasteiger partial charge < -0.3 is 16.0 Å². The normalized spacial score (nSPS) is 11.6. The zero-order valence-corrected chi connectivity index (χ0v) is 19.8. The molecule has 1 aromatic carbocycles. The van der Waals surface area contributed by atoms with E-state index in [4.69, 9.17) is 0 Å². The van der Waals surface area contributed by atoms with Crippen LogP contribution >= 0.6 is 35.3 Å². The van der Waals surface area contributed by atoms with Crippen LogP contribution in [0.1, 0.15) is 36.0 Å². The molecule has 0 aliphatic carbocycles. The molecule has 0 saturated carbocycles. The lowest BCUT2D eigenvalue weighted by Crippen LogP contribution is -2.37. The number of alkyl halides is 3. The van der Waals surface area contributed by atoms with Crippen molar-refractivity contribution in [2.75, 3.05) is 18.9 Å². The minimum absolute atomic E-state index is 0. The van der Waals surface area contributed by atoms with Crippen molar-refractivity contribution in [3.05, 3.63) is 45.9 Å². The summed E-state index contributed by atoms with van der Waals surface area (Å²) in [6.45, 7) is 2.83. The summed E-state index contributed by atoms with van der Waals surface area (Å²) in [7, 11) is 1.61. The number of anilines is 1. The minimum Gasteiger partial charge on any atom is -0.356 e. The fourth-order valence-corrected chi connectivity index (χ4v) is 3.26. The smallest absolute Gasteiger partial charge is 0.356 e. The van der Waals surface area contributed by atoms with Crippen LogP contribution in [-0.2, 0) is 23.9 Å². The van der Waals surface area contributed by atoms with E-state index in [2.05, 4.69) is 25.9 Å². The maximum atomic E-state index is 12.6. The number of carbonyl (C=O) groups is 1. The van der Waals surface area contributed by atoms with Crippen molar-refractivity contribution in [2.45, 2.75) is 38.9 Å². The molecule has 11 heteroatoms. The highest BCUT2D eigenvalue weighted by Crippen LogP contribution is 2.29. The van der Waals surface area contributed by atoms with Crippen LogP contribution in [0.2, 0.25) is 0 Å². The van der Waals surface area contributed by atoms with Gasteiger partial charge in [-0.25, -0.2) is 4.98 Å². The number of hydrogen-bond donors (Lipinski definition) is 3. The van der Waals surface area contributed by atoms with Gasteiger partial charge in [-0.15, -0.1) is 35.3 Å². The zero-order valence-electron chi connectivity index (χ0n) is 16.7. The summed E-state index contributed by atoms with van der Waals surface area (Å²) in [6, 6.07) is 7.48. The van der Waals surface area contributed by atoms with E-state index in [0.717, 1.165) is 34.4 Å². The Morgan fingerprint density at radius 2 is 2.03 bits per heavy atom. The first-order valence-corrected chi connectivity index (χ1v) is 10.0. The summed E-state index contributed by atoms with van der Waals surface area (Å²) in [5.74, 6) is 0.504. The van der Waals surface area contributed by atoms with E-state index in [1.165, 1.54) is 0 Å². The highest BCUT2D eigenvalue weighted by Gasteiger charge is 2.33. The Kier molecular flexibility index (Phi) is 11.1. The molecule has 0 fully saturated rings. The second-order valence-corrected chi connectivity index (χ2v) is 7.17. The van der Waals surface area contributed by atoms with Crippen molar-refractivity contribution in [1.82, 2.24) is 15.6 Å². The molecule has 2 rings (SSSR count). The average Bonchev–Trinajstić information content (AvgIpc) is 3.14. The number of carbonyl (C=O) groups excluding carboxylic acids is 1. The van der Waals surface area contributed by atoms with Gasteiger partial charge in [0.2, 0.25) is 5.91 Å². The fraction of sp³-hybridized carbons (Fsp3) is 0.421. The van der Waals surface area contributed by atoms with E-state index >= 15 is 0 Å². The van der Waals surface area contributed by atoms with Crippen LogP contribution in [0.15, 0.2) is 34.6 Å². The second kappa shape index (κ2) is 12.7. The number of thiazole rings is 1. The highest BCUT2D eigenvalue weighted by atomic mass is 127. The van der Waals surface area contributed by atoms with Gasteiger partial charge >= 0.3 is 6.18 Å². The van der Waals surface area contributed by atoms with Crippen LogP contribution in [0, 0.1) is 0 Å². The van der Waals surface area contributed by atoms with E-state index in [9.17, 15) is 18.0 Å². The molecule has 0 aliphatic rings. The predicted octanol–water partition coefficient (Wildman–Crippen LogP) is 4.43. The number of aliphatic imine (C=N–C) groups is 1. The van der Waals surface area contributed by atoms with Gasteiger partial charge in [-0.05, 0) is 24.1 Å².